The fourth-order valence-electron chi connectivity index (χ4n) is 2.28. The first-order valence-corrected chi connectivity index (χ1v) is 8.32. The number of nitrogens with zero attached hydrogens (tertiary/aromatic N) is 4. The summed E-state index contributed by atoms with van der Waals surface area (Å²) in [5.74, 6) is -0.378. The van der Waals surface area contributed by atoms with E-state index in [9.17, 15) is 14.9 Å². The zero-order chi connectivity index (χ0) is 19.4. The van der Waals surface area contributed by atoms with Gasteiger partial charge in [0.25, 0.3) is 5.69 Å². The van der Waals surface area contributed by atoms with Crippen LogP contribution in [0.25, 0.3) is 5.69 Å². The van der Waals surface area contributed by atoms with Crippen molar-refractivity contribution in [1.29, 1.82) is 0 Å². The van der Waals surface area contributed by atoms with Crippen LogP contribution < -0.4 is 10.6 Å². The maximum absolute atomic E-state index is 12.3. The summed E-state index contributed by atoms with van der Waals surface area (Å²) in [6.07, 6.45) is 2.86. The lowest BCUT2D eigenvalue weighted by Gasteiger charge is -2.12. The molecule has 0 aliphatic heterocycles. The van der Waals surface area contributed by atoms with E-state index in [-0.39, 0.29) is 23.2 Å². The highest BCUT2D eigenvalue weighted by molar-refractivity contribution is 6.32. The number of hydrogen-bond acceptors (Lipinski definition) is 6. The predicted octanol–water partition coefficient (Wildman–Crippen LogP) is 3.53. The van der Waals surface area contributed by atoms with Crippen molar-refractivity contribution in [3.05, 3.63) is 69.2 Å². The number of amides is 1. The van der Waals surface area contributed by atoms with Gasteiger partial charge < -0.3 is 10.6 Å². The lowest BCUT2D eigenvalue weighted by Crippen LogP contribution is -2.22. The summed E-state index contributed by atoms with van der Waals surface area (Å²) in [6, 6.07) is 9.14. The molecule has 0 bridgehead atoms. The molecule has 27 heavy (non-hydrogen) atoms. The van der Waals surface area contributed by atoms with Crippen LogP contribution in [0.4, 0.5) is 17.1 Å². The molecule has 1 amide bonds. The van der Waals surface area contributed by atoms with Gasteiger partial charge in [0.2, 0.25) is 5.91 Å². The number of nitrogens with one attached hydrogen (secondary N) is 2. The fourth-order valence-corrected chi connectivity index (χ4v) is 2.64. The third-order valence-electron chi connectivity index (χ3n) is 3.49. The van der Waals surface area contributed by atoms with Gasteiger partial charge in [-0.05, 0) is 30.3 Å². The molecule has 0 aliphatic carbocycles. The van der Waals surface area contributed by atoms with E-state index in [0.29, 0.717) is 22.1 Å². The molecule has 1 aromatic heterocycles. The highest BCUT2D eigenvalue weighted by Crippen LogP contribution is 2.27. The normalized spacial score (nSPS) is 10.4. The van der Waals surface area contributed by atoms with Gasteiger partial charge in [-0.15, -0.1) is 0 Å². The minimum absolute atomic E-state index is 0.0198. The molecule has 2 N–H and O–H groups in total. The first-order chi connectivity index (χ1) is 12.9. The summed E-state index contributed by atoms with van der Waals surface area (Å²) in [4.78, 5) is 26.5. The Hall–Kier alpha value is -3.17. The zero-order valence-electron chi connectivity index (χ0n) is 13.6. The maximum atomic E-state index is 12.3. The van der Waals surface area contributed by atoms with Gasteiger partial charge in [0.05, 0.1) is 22.8 Å². The molecule has 9 nitrogen and oxygen atoms in total. The second-order valence-corrected chi connectivity index (χ2v) is 6.17. The Balaban J connectivity index is 1.71. The smallest absolute Gasteiger partial charge is 0.289 e. The molecular formula is C16H12Cl2N6O3. The summed E-state index contributed by atoms with van der Waals surface area (Å²) in [5, 5.41) is 21.0. The van der Waals surface area contributed by atoms with Gasteiger partial charge in [0.1, 0.15) is 17.7 Å². The second-order valence-electron chi connectivity index (χ2n) is 5.33. The molecule has 0 unspecified atom stereocenters. The average Bonchev–Trinajstić information content (AvgIpc) is 3.15. The van der Waals surface area contributed by atoms with Gasteiger partial charge in [-0.1, -0.05) is 23.2 Å². The number of carbonyl (C=O) groups is 1. The zero-order valence-corrected chi connectivity index (χ0v) is 15.1. The standard InChI is InChI=1S/C16H12Cl2N6O3/c17-10-1-4-14(23-9-19-8-21-23)13(5-10)22-16(25)7-20-11-2-3-12(18)15(6-11)24(26)27/h1-6,8-9,20H,7H2,(H,22,25). The maximum Gasteiger partial charge on any atom is 0.289 e. The first-order valence-electron chi connectivity index (χ1n) is 7.56. The van der Waals surface area contributed by atoms with E-state index in [1.165, 1.54) is 29.5 Å². The SMILES string of the molecule is O=C(CNc1ccc(Cl)c([N+](=O)[O-])c1)Nc1cc(Cl)ccc1-n1cncn1. The van der Waals surface area contributed by atoms with Crippen molar-refractivity contribution >= 4 is 46.2 Å². The number of carbonyl (C=O) groups excluding carboxylic acids is 1. The lowest BCUT2D eigenvalue weighted by molar-refractivity contribution is -0.384. The Morgan fingerprint density at radius 2 is 2.04 bits per heavy atom. The monoisotopic (exact) mass is 406 g/mol. The molecule has 11 heteroatoms. The molecule has 0 radical (unpaired) electrons. The Morgan fingerprint density at radius 3 is 2.74 bits per heavy atom. The molecule has 0 fully saturated rings. The van der Waals surface area contributed by atoms with E-state index >= 15 is 0 Å². The fraction of sp³-hybridized carbons (Fsp3) is 0.0625. The van der Waals surface area contributed by atoms with Gasteiger partial charge in [0.15, 0.2) is 0 Å². The number of nitro benzene ring substituents is 1. The van der Waals surface area contributed by atoms with Crippen LogP contribution in [0.5, 0.6) is 0 Å². The number of halogens is 2. The topological polar surface area (TPSA) is 115 Å². The van der Waals surface area contributed by atoms with Crippen molar-refractivity contribution < 1.29 is 9.72 Å². The summed E-state index contributed by atoms with van der Waals surface area (Å²) in [5.41, 5.74) is 1.18. The first kappa shape index (κ1) is 18.6. The number of anilines is 2. The molecular weight excluding hydrogens is 395 g/mol. The van der Waals surface area contributed by atoms with Crippen LogP contribution in [0, 0.1) is 10.1 Å². The number of benzene rings is 2. The van der Waals surface area contributed by atoms with E-state index in [2.05, 4.69) is 20.7 Å². The molecule has 138 valence electrons. The molecule has 1 heterocycles. The molecule has 0 saturated heterocycles. The van der Waals surface area contributed by atoms with Crippen molar-refractivity contribution in [2.75, 3.05) is 17.2 Å². The molecule has 0 aliphatic rings. The van der Waals surface area contributed by atoms with Crippen LogP contribution in [0.1, 0.15) is 0 Å². The van der Waals surface area contributed by atoms with Crippen LogP contribution in [0.2, 0.25) is 10.0 Å². The Bertz CT molecular complexity index is 994. The number of rotatable bonds is 6. The summed E-state index contributed by atoms with van der Waals surface area (Å²) < 4.78 is 1.49. The van der Waals surface area contributed by atoms with Crippen molar-refractivity contribution in [2.45, 2.75) is 0 Å². The summed E-state index contributed by atoms with van der Waals surface area (Å²) in [7, 11) is 0. The predicted molar refractivity (Wildman–Crippen MR) is 102 cm³/mol. The number of hydrogen-bond donors (Lipinski definition) is 2. The third kappa shape index (κ3) is 4.52. The van der Waals surface area contributed by atoms with Crippen LogP contribution in [-0.4, -0.2) is 32.1 Å². The lowest BCUT2D eigenvalue weighted by atomic mass is 10.2. The minimum Gasteiger partial charge on any atom is -0.376 e. The van der Waals surface area contributed by atoms with Crippen LogP contribution in [-0.2, 0) is 4.79 Å². The van der Waals surface area contributed by atoms with Crippen molar-refractivity contribution in [1.82, 2.24) is 14.8 Å². The van der Waals surface area contributed by atoms with E-state index in [0.717, 1.165) is 0 Å². The minimum atomic E-state index is -0.593. The quantitative estimate of drug-likeness (QED) is 0.477. The largest absolute Gasteiger partial charge is 0.376 e. The van der Waals surface area contributed by atoms with Crippen LogP contribution >= 0.6 is 23.2 Å². The number of aromatic nitrogens is 3. The molecule has 0 spiro atoms. The Morgan fingerprint density at radius 1 is 1.22 bits per heavy atom. The van der Waals surface area contributed by atoms with Crippen molar-refractivity contribution in [3.63, 3.8) is 0 Å². The van der Waals surface area contributed by atoms with Gasteiger partial charge >= 0.3 is 0 Å². The molecule has 0 saturated carbocycles. The molecule has 3 aromatic rings. The highest BCUT2D eigenvalue weighted by atomic mass is 35.5. The molecule has 3 rings (SSSR count). The molecule has 2 aromatic carbocycles. The van der Waals surface area contributed by atoms with Crippen molar-refractivity contribution in [3.8, 4) is 5.69 Å². The summed E-state index contributed by atoms with van der Waals surface area (Å²) >= 11 is 11.8. The number of nitro groups is 1. The van der Waals surface area contributed by atoms with E-state index in [1.807, 2.05) is 0 Å². The van der Waals surface area contributed by atoms with Gasteiger partial charge in [-0.25, -0.2) is 9.67 Å². The average molecular weight is 407 g/mol. The Kier molecular flexibility index (Phi) is 5.53. The van der Waals surface area contributed by atoms with Crippen molar-refractivity contribution in [2.24, 2.45) is 0 Å². The molecule has 0 atom stereocenters. The van der Waals surface area contributed by atoms with Gasteiger partial charge in [-0.2, -0.15) is 5.10 Å². The van der Waals surface area contributed by atoms with E-state index in [4.69, 9.17) is 23.2 Å². The Labute approximate surface area is 163 Å². The second kappa shape index (κ2) is 8.02. The van der Waals surface area contributed by atoms with Crippen LogP contribution in [0.3, 0.4) is 0 Å². The van der Waals surface area contributed by atoms with Gasteiger partial charge in [0, 0.05) is 16.8 Å². The van der Waals surface area contributed by atoms with Crippen LogP contribution in [0.15, 0.2) is 49.1 Å². The summed E-state index contributed by atoms with van der Waals surface area (Å²) in [6.45, 7) is -0.123. The van der Waals surface area contributed by atoms with E-state index in [1.54, 1.807) is 24.3 Å². The van der Waals surface area contributed by atoms with E-state index < -0.39 is 4.92 Å². The highest BCUT2D eigenvalue weighted by Gasteiger charge is 2.14. The third-order valence-corrected chi connectivity index (χ3v) is 4.05. The van der Waals surface area contributed by atoms with Gasteiger partial charge in [-0.3, -0.25) is 14.9 Å².